The number of hydrogen-bond donors (Lipinski definition) is 1. The van der Waals surface area contributed by atoms with Crippen LogP contribution in [0.15, 0.2) is 24.3 Å². The van der Waals surface area contributed by atoms with Crippen molar-refractivity contribution >= 4 is 17.3 Å². The molecule has 1 aromatic rings. The van der Waals surface area contributed by atoms with Crippen LogP contribution in [0.2, 0.25) is 0 Å². The normalized spacial score (nSPS) is 11.3. The molecular weight excluding hydrogens is 356 g/mol. The topological polar surface area (TPSA) is 46.5 Å². The fraction of sp³-hybridized carbons (Fsp3) is 0.696. The molecule has 0 bridgehead atoms. The second kappa shape index (κ2) is 16.9. The van der Waals surface area contributed by atoms with Crippen LogP contribution in [0.25, 0.3) is 0 Å². The van der Waals surface area contributed by atoms with E-state index in [4.69, 9.17) is 9.84 Å². The highest BCUT2D eigenvalue weighted by Crippen LogP contribution is 2.24. The summed E-state index contributed by atoms with van der Waals surface area (Å²) in [6.07, 6.45) is 22.9. The Hall–Kier alpha value is -1.29. The summed E-state index contributed by atoms with van der Waals surface area (Å²) in [5.74, 6) is -0.882. The van der Waals surface area contributed by atoms with Crippen LogP contribution in [0.5, 0.6) is 5.06 Å². The third-order valence-electron chi connectivity index (χ3n) is 4.69. The van der Waals surface area contributed by atoms with Gasteiger partial charge in [0.15, 0.2) is 5.06 Å². The van der Waals surface area contributed by atoms with Crippen LogP contribution >= 0.6 is 11.3 Å². The number of hydrogen-bond acceptors (Lipinski definition) is 3. The summed E-state index contributed by atoms with van der Waals surface area (Å²) in [6, 6.07) is 3.35. The maximum atomic E-state index is 10.8. The van der Waals surface area contributed by atoms with Gasteiger partial charge in [-0.25, -0.2) is 4.79 Å². The van der Waals surface area contributed by atoms with Gasteiger partial charge in [0.05, 0.1) is 6.61 Å². The molecule has 1 aromatic heterocycles. The summed E-state index contributed by atoms with van der Waals surface area (Å²) in [4.78, 5) is 11.1. The monoisotopic (exact) mass is 394 g/mol. The quantitative estimate of drug-likeness (QED) is 0.203. The lowest BCUT2D eigenvalue weighted by molar-refractivity contribution is 0.0702. The van der Waals surface area contributed by atoms with E-state index in [-0.39, 0.29) is 0 Å². The van der Waals surface area contributed by atoms with Crippen LogP contribution in [0.4, 0.5) is 0 Å². The van der Waals surface area contributed by atoms with Crippen molar-refractivity contribution < 1.29 is 14.6 Å². The molecule has 0 unspecified atom stereocenters. The highest BCUT2D eigenvalue weighted by molar-refractivity contribution is 7.15. The highest BCUT2D eigenvalue weighted by Gasteiger charge is 2.07. The molecule has 0 aliphatic rings. The third kappa shape index (κ3) is 13.5. The lowest BCUT2D eigenvalue weighted by Crippen LogP contribution is -1.95. The molecule has 1 N–H and O–H groups in total. The minimum atomic E-state index is -0.882. The van der Waals surface area contributed by atoms with Crippen molar-refractivity contribution in [1.82, 2.24) is 0 Å². The number of rotatable bonds is 18. The minimum absolute atomic E-state index is 0.339. The SMILES string of the molecule is CCCCCCCCC=CCCCCCCCCOc1ccc(C(=O)O)s1. The zero-order valence-corrected chi connectivity index (χ0v) is 17.9. The molecule has 0 radical (unpaired) electrons. The first-order valence-corrected chi connectivity index (χ1v) is 11.7. The second-order valence-corrected chi connectivity index (χ2v) is 8.26. The number of carboxylic acids is 1. The molecule has 0 fully saturated rings. The van der Waals surface area contributed by atoms with Crippen molar-refractivity contribution in [3.8, 4) is 5.06 Å². The van der Waals surface area contributed by atoms with E-state index in [0.29, 0.717) is 16.5 Å². The van der Waals surface area contributed by atoms with Crippen LogP contribution in [0, 0.1) is 0 Å². The average molecular weight is 395 g/mol. The number of unbranched alkanes of at least 4 members (excludes halogenated alkanes) is 12. The first-order chi connectivity index (χ1) is 13.2. The smallest absolute Gasteiger partial charge is 0.345 e. The van der Waals surface area contributed by atoms with Gasteiger partial charge in [0, 0.05) is 0 Å². The van der Waals surface area contributed by atoms with Crippen molar-refractivity contribution in [2.24, 2.45) is 0 Å². The number of ether oxygens (including phenoxy) is 1. The van der Waals surface area contributed by atoms with Gasteiger partial charge in [0.2, 0.25) is 0 Å². The van der Waals surface area contributed by atoms with Gasteiger partial charge in [-0.1, -0.05) is 88.2 Å². The predicted octanol–water partition coefficient (Wildman–Crippen LogP) is 7.86. The lowest BCUT2D eigenvalue weighted by atomic mass is 10.1. The van der Waals surface area contributed by atoms with Gasteiger partial charge in [0.25, 0.3) is 0 Å². The zero-order chi connectivity index (χ0) is 19.6. The Kier molecular flexibility index (Phi) is 14.8. The van der Waals surface area contributed by atoms with Crippen LogP contribution < -0.4 is 4.74 Å². The third-order valence-corrected chi connectivity index (χ3v) is 5.68. The lowest BCUT2D eigenvalue weighted by Gasteiger charge is -2.03. The molecule has 0 atom stereocenters. The molecule has 0 saturated carbocycles. The maximum absolute atomic E-state index is 10.8. The zero-order valence-electron chi connectivity index (χ0n) is 17.1. The van der Waals surface area contributed by atoms with E-state index in [1.54, 1.807) is 12.1 Å². The van der Waals surface area contributed by atoms with Crippen molar-refractivity contribution in [3.63, 3.8) is 0 Å². The van der Waals surface area contributed by atoms with Crippen LogP contribution in [0.3, 0.4) is 0 Å². The molecule has 154 valence electrons. The number of allylic oxidation sites excluding steroid dienone is 2. The van der Waals surface area contributed by atoms with E-state index in [2.05, 4.69) is 19.1 Å². The standard InChI is InChI=1S/C23H38O3S/c1-2-3-4-5-6-7-8-9-10-11-12-13-14-15-16-17-20-26-22-19-18-21(27-22)23(24)25/h9-10,18-19H,2-8,11-17,20H2,1H3,(H,24,25). The predicted molar refractivity (Wildman–Crippen MR) is 116 cm³/mol. The molecule has 0 saturated heterocycles. The molecule has 1 heterocycles. The van der Waals surface area contributed by atoms with Gasteiger partial charge in [-0.15, -0.1) is 0 Å². The van der Waals surface area contributed by atoms with Crippen molar-refractivity contribution in [2.45, 2.75) is 96.8 Å². The maximum Gasteiger partial charge on any atom is 0.345 e. The summed E-state index contributed by atoms with van der Waals surface area (Å²) in [5, 5.41) is 9.58. The van der Waals surface area contributed by atoms with Gasteiger partial charge in [-0.2, -0.15) is 0 Å². The Morgan fingerprint density at radius 2 is 1.44 bits per heavy atom. The molecule has 27 heavy (non-hydrogen) atoms. The molecule has 0 spiro atoms. The Morgan fingerprint density at radius 1 is 0.889 bits per heavy atom. The number of aromatic carboxylic acids is 1. The summed E-state index contributed by atoms with van der Waals surface area (Å²) in [5.41, 5.74) is 0. The summed E-state index contributed by atoms with van der Waals surface area (Å²) in [6.45, 7) is 2.95. The Bertz CT molecular complexity index is 507. The van der Waals surface area contributed by atoms with Gasteiger partial charge >= 0.3 is 5.97 Å². The van der Waals surface area contributed by atoms with Gasteiger partial charge < -0.3 is 9.84 Å². The highest BCUT2D eigenvalue weighted by atomic mass is 32.1. The van der Waals surface area contributed by atoms with Crippen LogP contribution in [0.1, 0.15) is 106 Å². The van der Waals surface area contributed by atoms with E-state index in [9.17, 15) is 4.79 Å². The van der Waals surface area contributed by atoms with E-state index in [1.165, 1.54) is 94.8 Å². The van der Waals surface area contributed by atoms with Gasteiger partial charge in [-0.3, -0.25) is 0 Å². The molecule has 0 aliphatic heterocycles. The minimum Gasteiger partial charge on any atom is -0.484 e. The molecule has 0 aromatic carbocycles. The van der Waals surface area contributed by atoms with E-state index >= 15 is 0 Å². The first-order valence-electron chi connectivity index (χ1n) is 10.8. The van der Waals surface area contributed by atoms with E-state index in [1.807, 2.05) is 0 Å². The fourth-order valence-electron chi connectivity index (χ4n) is 3.04. The molecular formula is C23H38O3S. The van der Waals surface area contributed by atoms with Gasteiger partial charge in [0.1, 0.15) is 4.88 Å². The first kappa shape index (κ1) is 23.7. The molecule has 0 amide bonds. The largest absolute Gasteiger partial charge is 0.484 e. The number of carbonyl (C=O) groups is 1. The Morgan fingerprint density at radius 3 is 2.00 bits per heavy atom. The number of thiophene rings is 1. The van der Waals surface area contributed by atoms with Crippen molar-refractivity contribution in [1.29, 1.82) is 0 Å². The summed E-state index contributed by atoms with van der Waals surface area (Å²) < 4.78 is 5.60. The van der Waals surface area contributed by atoms with Crippen molar-refractivity contribution in [2.75, 3.05) is 6.61 Å². The van der Waals surface area contributed by atoms with Gasteiger partial charge in [-0.05, 0) is 44.2 Å². The molecule has 3 nitrogen and oxygen atoms in total. The average Bonchev–Trinajstić information content (AvgIpc) is 3.13. The molecule has 4 heteroatoms. The second-order valence-electron chi connectivity index (χ2n) is 7.21. The number of carboxylic acid groups (broad SMARTS) is 1. The summed E-state index contributed by atoms with van der Waals surface area (Å²) in [7, 11) is 0. The van der Waals surface area contributed by atoms with Crippen molar-refractivity contribution in [3.05, 3.63) is 29.2 Å². The Balaban J connectivity index is 1.81. The van der Waals surface area contributed by atoms with Crippen LogP contribution in [-0.4, -0.2) is 17.7 Å². The summed E-state index contributed by atoms with van der Waals surface area (Å²) >= 11 is 1.20. The fourth-order valence-corrected chi connectivity index (χ4v) is 3.75. The Labute approximate surface area is 169 Å². The van der Waals surface area contributed by atoms with Crippen LogP contribution in [-0.2, 0) is 0 Å². The van der Waals surface area contributed by atoms with E-state index in [0.717, 1.165) is 6.42 Å². The van der Waals surface area contributed by atoms with E-state index < -0.39 is 5.97 Å². The molecule has 0 aliphatic carbocycles. The molecule has 1 rings (SSSR count).